The molecule has 2 amide bonds. The summed E-state index contributed by atoms with van der Waals surface area (Å²) in [6.07, 6.45) is 1.41. The normalized spacial score (nSPS) is 11.8. The fourth-order valence-corrected chi connectivity index (χ4v) is 1.94. The molecule has 2 N–H and O–H groups in total. The zero-order valence-electron chi connectivity index (χ0n) is 12.3. The van der Waals surface area contributed by atoms with Crippen molar-refractivity contribution in [1.82, 2.24) is 5.32 Å². The number of amides is 2. The second kappa shape index (κ2) is 6.26. The van der Waals surface area contributed by atoms with Gasteiger partial charge in [0.2, 0.25) is 5.91 Å². The number of aryl methyl sites for hydroxylation is 2. The molecule has 0 bridgehead atoms. The zero-order chi connectivity index (χ0) is 15.4. The average molecular weight is 286 g/mol. The molecule has 0 saturated carbocycles. The second-order valence-corrected chi connectivity index (χ2v) is 4.98. The fourth-order valence-electron chi connectivity index (χ4n) is 1.94. The number of furan rings is 1. The van der Waals surface area contributed by atoms with Crippen LogP contribution in [0.3, 0.4) is 0 Å². The molecule has 0 aliphatic heterocycles. The summed E-state index contributed by atoms with van der Waals surface area (Å²) in [5.41, 5.74) is 2.85. The van der Waals surface area contributed by atoms with Gasteiger partial charge in [-0.1, -0.05) is 17.7 Å². The van der Waals surface area contributed by atoms with Crippen LogP contribution in [0.1, 0.15) is 28.6 Å². The van der Waals surface area contributed by atoms with Crippen molar-refractivity contribution in [3.63, 3.8) is 0 Å². The molecule has 21 heavy (non-hydrogen) atoms. The summed E-state index contributed by atoms with van der Waals surface area (Å²) in [4.78, 5) is 23.9. The highest BCUT2D eigenvalue weighted by Gasteiger charge is 2.18. The van der Waals surface area contributed by atoms with Gasteiger partial charge in [-0.15, -0.1) is 0 Å². The van der Waals surface area contributed by atoms with Crippen LogP contribution < -0.4 is 10.6 Å². The minimum atomic E-state index is -0.664. The first-order valence-corrected chi connectivity index (χ1v) is 6.70. The number of hydrogen-bond donors (Lipinski definition) is 2. The van der Waals surface area contributed by atoms with Gasteiger partial charge in [0.05, 0.1) is 6.26 Å². The maximum absolute atomic E-state index is 12.1. The van der Waals surface area contributed by atoms with Crippen molar-refractivity contribution < 1.29 is 14.0 Å². The van der Waals surface area contributed by atoms with Crippen LogP contribution in [0.2, 0.25) is 0 Å². The first-order chi connectivity index (χ1) is 9.97. The number of anilines is 1. The van der Waals surface area contributed by atoms with Gasteiger partial charge in [0.25, 0.3) is 5.91 Å². The highest BCUT2D eigenvalue weighted by atomic mass is 16.3. The molecule has 0 saturated heterocycles. The molecule has 2 aromatic rings. The minimum Gasteiger partial charge on any atom is -0.459 e. The van der Waals surface area contributed by atoms with Crippen molar-refractivity contribution in [2.75, 3.05) is 5.32 Å². The maximum atomic E-state index is 12.1. The first-order valence-electron chi connectivity index (χ1n) is 6.70. The predicted molar refractivity (Wildman–Crippen MR) is 80.2 cm³/mol. The lowest BCUT2D eigenvalue weighted by atomic mass is 10.1. The summed E-state index contributed by atoms with van der Waals surface area (Å²) in [6, 6.07) is 8.27. The first kappa shape index (κ1) is 14.8. The Balaban J connectivity index is 1.98. The van der Waals surface area contributed by atoms with Crippen LogP contribution >= 0.6 is 0 Å². The number of carbonyl (C=O) groups is 2. The average Bonchev–Trinajstić information content (AvgIpc) is 2.95. The molecule has 110 valence electrons. The Morgan fingerprint density at radius 1 is 1.19 bits per heavy atom. The van der Waals surface area contributed by atoms with Crippen LogP contribution in [0, 0.1) is 13.8 Å². The van der Waals surface area contributed by atoms with Crippen molar-refractivity contribution >= 4 is 17.5 Å². The number of benzene rings is 1. The summed E-state index contributed by atoms with van der Waals surface area (Å²) in [5, 5.41) is 5.39. The smallest absolute Gasteiger partial charge is 0.287 e. The third-order valence-electron chi connectivity index (χ3n) is 3.13. The van der Waals surface area contributed by atoms with E-state index in [2.05, 4.69) is 10.6 Å². The molecule has 5 heteroatoms. The van der Waals surface area contributed by atoms with Gasteiger partial charge in [-0.05, 0) is 44.5 Å². The molecule has 1 unspecified atom stereocenters. The molecule has 2 rings (SSSR count). The Morgan fingerprint density at radius 2 is 1.95 bits per heavy atom. The lowest BCUT2D eigenvalue weighted by Crippen LogP contribution is -2.41. The fraction of sp³-hybridized carbons (Fsp3) is 0.250. The van der Waals surface area contributed by atoms with E-state index in [1.165, 1.54) is 6.26 Å². The molecule has 5 nitrogen and oxygen atoms in total. The second-order valence-electron chi connectivity index (χ2n) is 4.98. The lowest BCUT2D eigenvalue weighted by Gasteiger charge is -2.15. The molecule has 0 radical (unpaired) electrons. The van der Waals surface area contributed by atoms with E-state index >= 15 is 0 Å². The van der Waals surface area contributed by atoms with Gasteiger partial charge in [-0.25, -0.2) is 0 Å². The molecule has 0 aliphatic carbocycles. The van der Waals surface area contributed by atoms with E-state index in [4.69, 9.17) is 4.42 Å². The Labute approximate surface area is 123 Å². The topological polar surface area (TPSA) is 71.3 Å². The van der Waals surface area contributed by atoms with E-state index in [9.17, 15) is 9.59 Å². The number of rotatable bonds is 4. The lowest BCUT2D eigenvalue weighted by molar-refractivity contribution is -0.117. The number of nitrogens with one attached hydrogen (secondary N) is 2. The highest BCUT2D eigenvalue weighted by Crippen LogP contribution is 2.16. The zero-order valence-corrected chi connectivity index (χ0v) is 12.3. The quantitative estimate of drug-likeness (QED) is 0.907. The van der Waals surface area contributed by atoms with Crippen LogP contribution in [0.15, 0.2) is 41.0 Å². The summed E-state index contributed by atoms with van der Waals surface area (Å²) >= 11 is 0. The Bertz CT molecular complexity index is 648. The van der Waals surface area contributed by atoms with Crippen molar-refractivity contribution in [1.29, 1.82) is 0 Å². The molecule has 0 aliphatic rings. The van der Waals surface area contributed by atoms with Crippen molar-refractivity contribution in [3.8, 4) is 0 Å². The Kier molecular flexibility index (Phi) is 4.42. The van der Waals surface area contributed by atoms with E-state index in [-0.39, 0.29) is 11.7 Å². The minimum absolute atomic E-state index is 0.182. The number of hydrogen-bond acceptors (Lipinski definition) is 3. The van der Waals surface area contributed by atoms with E-state index in [0.29, 0.717) is 0 Å². The predicted octanol–water partition coefficient (Wildman–Crippen LogP) is 2.65. The van der Waals surface area contributed by atoms with Gasteiger partial charge in [0.1, 0.15) is 6.04 Å². The molecule has 0 spiro atoms. The van der Waals surface area contributed by atoms with Crippen molar-refractivity contribution in [3.05, 3.63) is 53.5 Å². The summed E-state index contributed by atoms with van der Waals surface area (Å²) < 4.78 is 4.98. The molecule has 1 heterocycles. The van der Waals surface area contributed by atoms with E-state index < -0.39 is 11.9 Å². The van der Waals surface area contributed by atoms with Gasteiger partial charge in [0.15, 0.2) is 5.76 Å². The van der Waals surface area contributed by atoms with Crippen molar-refractivity contribution in [2.45, 2.75) is 26.8 Å². The van der Waals surface area contributed by atoms with Gasteiger partial charge >= 0.3 is 0 Å². The van der Waals surface area contributed by atoms with Gasteiger partial charge < -0.3 is 15.1 Å². The summed E-state index contributed by atoms with van der Waals surface area (Å²) in [6.45, 7) is 5.54. The summed E-state index contributed by atoms with van der Waals surface area (Å²) in [5.74, 6) is -0.508. The third kappa shape index (κ3) is 3.72. The monoisotopic (exact) mass is 286 g/mol. The third-order valence-corrected chi connectivity index (χ3v) is 3.13. The molecule has 1 aromatic heterocycles. The summed E-state index contributed by atoms with van der Waals surface area (Å²) in [7, 11) is 0. The maximum Gasteiger partial charge on any atom is 0.287 e. The van der Waals surface area contributed by atoms with Crippen LogP contribution in [-0.4, -0.2) is 17.9 Å². The van der Waals surface area contributed by atoms with Crippen LogP contribution in [0.25, 0.3) is 0 Å². The highest BCUT2D eigenvalue weighted by molar-refractivity contribution is 6.00. The molecular weight excluding hydrogens is 268 g/mol. The van der Waals surface area contributed by atoms with Crippen LogP contribution in [0.5, 0.6) is 0 Å². The van der Waals surface area contributed by atoms with Crippen LogP contribution in [-0.2, 0) is 4.79 Å². The standard InChI is InChI=1S/C16H18N2O3/c1-10-6-7-13(11(2)9-10)18-15(19)12(3)17-16(20)14-5-4-8-21-14/h4-9,12H,1-3H3,(H,17,20)(H,18,19). The molecule has 0 fully saturated rings. The van der Waals surface area contributed by atoms with Gasteiger partial charge in [-0.2, -0.15) is 0 Å². The largest absolute Gasteiger partial charge is 0.459 e. The van der Waals surface area contributed by atoms with E-state index in [0.717, 1.165) is 16.8 Å². The molecule has 1 atom stereocenters. The SMILES string of the molecule is Cc1ccc(NC(=O)C(C)NC(=O)c2ccco2)c(C)c1. The van der Waals surface area contributed by atoms with Gasteiger partial charge in [0, 0.05) is 5.69 Å². The van der Waals surface area contributed by atoms with E-state index in [1.54, 1.807) is 19.1 Å². The van der Waals surface area contributed by atoms with Crippen molar-refractivity contribution in [2.24, 2.45) is 0 Å². The number of carbonyl (C=O) groups excluding carboxylic acids is 2. The Morgan fingerprint density at radius 3 is 2.57 bits per heavy atom. The Hall–Kier alpha value is -2.56. The van der Waals surface area contributed by atoms with Crippen LogP contribution in [0.4, 0.5) is 5.69 Å². The molecular formula is C16H18N2O3. The van der Waals surface area contributed by atoms with E-state index in [1.807, 2.05) is 32.0 Å². The van der Waals surface area contributed by atoms with Gasteiger partial charge in [-0.3, -0.25) is 9.59 Å². The molecule has 1 aromatic carbocycles.